The van der Waals surface area contributed by atoms with Gasteiger partial charge in [0, 0.05) is 13.0 Å². The number of carbonyl (C=O) groups excluding carboxylic acids is 1. The molecule has 0 aromatic rings. The maximum atomic E-state index is 12.4. The molecule has 7 heteroatoms. The van der Waals surface area contributed by atoms with Gasteiger partial charge in [-0.3, -0.25) is 0 Å². The third-order valence-electron chi connectivity index (χ3n) is 11.2. The van der Waals surface area contributed by atoms with E-state index in [1.165, 1.54) is 38.5 Å². The highest BCUT2D eigenvalue weighted by Crippen LogP contribution is 2.67. The number of alkyl carbamates (subject to hydrolysis) is 1. The molecule has 0 saturated heterocycles. The van der Waals surface area contributed by atoms with E-state index in [4.69, 9.17) is 24.1 Å². The Balaban J connectivity index is 1.18. The summed E-state index contributed by atoms with van der Waals surface area (Å²) in [4.78, 5) is 12.4. The Morgan fingerprint density at radius 2 is 1.72 bits per heavy atom. The molecule has 39 heavy (non-hydrogen) atoms. The minimum absolute atomic E-state index is 0.0242. The van der Waals surface area contributed by atoms with Gasteiger partial charge in [-0.2, -0.15) is 0 Å². The zero-order valence-corrected chi connectivity index (χ0v) is 25.1. The van der Waals surface area contributed by atoms with Gasteiger partial charge in [-0.05, 0) is 85.4 Å². The summed E-state index contributed by atoms with van der Waals surface area (Å²) in [7, 11) is 0. The molecule has 0 bridgehead atoms. The van der Waals surface area contributed by atoms with Gasteiger partial charge >= 0.3 is 6.09 Å². The first-order chi connectivity index (χ1) is 18.8. The molecule has 4 aliphatic rings. The lowest BCUT2D eigenvalue weighted by molar-refractivity contribution is -0.0577. The summed E-state index contributed by atoms with van der Waals surface area (Å²) in [5, 5.41) is 11.5. The van der Waals surface area contributed by atoms with Gasteiger partial charge in [0.05, 0.1) is 46.2 Å². The van der Waals surface area contributed by atoms with E-state index in [1.54, 1.807) is 5.57 Å². The van der Waals surface area contributed by atoms with E-state index in [9.17, 15) is 4.79 Å². The van der Waals surface area contributed by atoms with Gasteiger partial charge in [-0.25, -0.2) is 4.79 Å². The van der Waals surface area contributed by atoms with Crippen molar-refractivity contribution in [1.82, 2.24) is 5.32 Å². The van der Waals surface area contributed by atoms with Crippen LogP contribution in [-0.4, -0.2) is 70.1 Å². The van der Waals surface area contributed by atoms with Gasteiger partial charge in [-0.1, -0.05) is 45.8 Å². The molecule has 1 amide bonds. The second kappa shape index (κ2) is 14.2. The van der Waals surface area contributed by atoms with Crippen LogP contribution in [-0.2, 0) is 18.9 Å². The van der Waals surface area contributed by atoms with Gasteiger partial charge in [0.15, 0.2) is 0 Å². The van der Waals surface area contributed by atoms with Crippen molar-refractivity contribution in [2.24, 2.45) is 40.4 Å². The van der Waals surface area contributed by atoms with Crippen LogP contribution in [0.25, 0.3) is 0 Å². The van der Waals surface area contributed by atoms with Crippen LogP contribution in [0.2, 0.25) is 0 Å². The summed E-state index contributed by atoms with van der Waals surface area (Å²) in [6, 6.07) is 0. The largest absolute Gasteiger partial charge is 0.446 e. The lowest BCUT2D eigenvalue weighted by Gasteiger charge is -2.58. The summed E-state index contributed by atoms with van der Waals surface area (Å²) >= 11 is 0. The molecule has 4 rings (SSSR count). The second-order valence-electron chi connectivity index (χ2n) is 13.1. The van der Waals surface area contributed by atoms with Crippen LogP contribution in [0, 0.1) is 40.4 Å². The van der Waals surface area contributed by atoms with Gasteiger partial charge in [0.2, 0.25) is 0 Å². The van der Waals surface area contributed by atoms with Crippen molar-refractivity contribution in [2.45, 2.75) is 91.6 Å². The molecule has 3 fully saturated rings. The maximum Gasteiger partial charge on any atom is 0.407 e. The number of fused-ring (bicyclic) bond motifs is 5. The molecule has 0 radical (unpaired) electrons. The molecule has 0 spiro atoms. The van der Waals surface area contributed by atoms with Crippen molar-refractivity contribution in [3.05, 3.63) is 11.6 Å². The van der Waals surface area contributed by atoms with Gasteiger partial charge < -0.3 is 29.4 Å². The average Bonchev–Trinajstić information content (AvgIpc) is 3.28. The van der Waals surface area contributed by atoms with E-state index in [-0.39, 0.29) is 24.2 Å². The molecule has 0 aromatic carbocycles. The Morgan fingerprint density at radius 3 is 2.44 bits per heavy atom. The highest BCUT2D eigenvalue weighted by molar-refractivity contribution is 5.67. The van der Waals surface area contributed by atoms with Crippen LogP contribution < -0.4 is 5.32 Å². The number of hydrogen-bond acceptors (Lipinski definition) is 6. The number of aliphatic hydroxyl groups excluding tert-OH is 1. The number of ether oxygens (including phenoxy) is 4. The minimum Gasteiger partial charge on any atom is -0.446 e. The molecule has 0 aromatic heterocycles. The van der Waals surface area contributed by atoms with Crippen molar-refractivity contribution in [3.63, 3.8) is 0 Å². The maximum absolute atomic E-state index is 12.4. The monoisotopic (exact) mass is 549 g/mol. The molecule has 7 nitrogen and oxygen atoms in total. The first-order valence-corrected chi connectivity index (χ1v) is 15.8. The smallest absolute Gasteiger partial charge is 0.407 e. The van der Waals surface area contributed by atoms with Crippen molar-refractivity contribution in [3.8, 4) is 0 Å². The summed E-state index contributed by atoms with van der Waals surface area (Å²) < 4.78 is 21.9. The molecule has 8 atom stereocenters. The summed E-state index contributed by atoms with van der Waals surface area (Å²) in [5.74, 6) is 4.24. The van der Waals surface area contributed by atoms with Gasteiger partial charge in [0.25, 0.3) is 0 Å². The van der Waals surface area contributed by atoms with Gasteiger partial charge in [-0.15, -0.1) is 0 Å². The second-order valence-corrected chi connectivity index (χ2v) is 13.1. The molecule has 0 heterocycles. The molecule has 224 valence electrons. The van der Waals surface area contributed by atoms with Crippen LogP contribution in [0.5, 0.6) is 0 Å². The third kappa shape index (κ3) is 7.02. The van der Waals surface area contributed by atoms with Crippen molar-refractivity contribution >= 4 is 6.09 Å². The highest BCUT2D eigenvalue weighted by atomic mass is 16.6. The van der Waals surface area contributed by atoms with Crippen LogP contribution in [0.1, 0.15) is 85.5 Å². The van der Waals surface area contributed by atoms with Crippen molar-refractivity contribution in [1.29, 1.82) is 0 Å². The SMILES string of the molecule is CCC(C)C1CCC2C3CC=C4CC(OC(=O)NCCOCCOCCOCCO)CCC4(C)C3CCC12C. The van der Waals surface area contributed by atoms with Gasteiger partial charge in [0.1, 0.15) is 6.10 Å². The Bertz CT molecular complexity index is 818. The number of aliphatic hydroxyl groups is 1. The lowest BCUT2D eigenvalue weighted by atomic mass is 9.47. The number of nitrogens with one attached hydrogen (secondary N) is 1. The van der Waals surface area contributed by atoms with Crippen LogP contribution in [0.4, 0.5) is 4.79 Å². The third-order valence-corrected chi connectivity index (χ3v) is 11.2. The van der Waals surface area contributed by atoms with Crippen molar-refractivity contribution in [2.75, 3.05) is 52.8 Å². The average molecular weight is 550 g/mol. The Labute approximate surface area is 236 Å². The molecule has 2 N–H and O–H groups in total. The first-order valence-electron chi connectivity index (χ1n) is 15.8. The van der Waals surface area contributed by atoms with E-state index in [2.05, 4.69) is 39.1 Å². The predicted molar refractivity (Wildman–Crippen MR) is 152 cm³/mol. The molecule has 0 aliphatic heterocycles. The standard InChI is InChI=1S/C32H55NO6/c1-5-23(2)27-8-9-28-26-7-6-24-22-25(10-12-31(24,3)29(26)11-13-32(27,28)4)39-30(35)33-14-16-36-18-20-38-21-19-37-17-15-34/h6,23,25-29,34H,5,7-22H2,1-4H3,(H,33,35). The fraction of sp³-hybridized carbons (Fsp3) is 0.906. The number of amides is 1. The van der Waals surface area contributed by atoms with E-state index in [0.29, 0.717) is 51.6 Å². The summed E-state index contributed by atoms with van der Waals surface area (Å²) in [5.41, 5.74) is 2.36. The molecular formula is C32H55NO6. The van der Waals surface area contributed by atoms with E-state index >= 15 is 0 Å². The summed E-state index contributed by atoms with van der Waals surface area (Å²) in [6.07, 6.45) is 13.3. The Hall–Kier alpha value is -1.15. The number of hydrogen-bond donors (Lipinski definition) is 2. The lowest BCUT2D eigenvalue weighted by Crippen LogP contribution is -2.51. The van der Waals surface area contributed by atoms with E-state index < -0.39 is 0 Å². The van der Waals surface area contributed by atoms with E-state index in [0.717, 1.165) is 48.9 Å². The molecule has 3 saturated carbocycles. The topological polar surface area (TPSA) is 86.3 Å². The van der Waals surface area contributed by atoms with Crippen LogP contribution in [0.3, 0.4) is 0 Å². The number of rotatable bonds is 14. The normalized spacial score (nSPS) is 36.3. The first kappa shape index (κ1) is 30.8. The Morgan fingerprint density at radius 1 is 1.00 bits per heavy atom. The zero-order chi connectivity index (χ0) is 27.9. The number of allylic oxidation sites excluding steroid dienone is 1. The quantitative estimate of drug-likeness (QED) is 0.212. The molecular weight excluding hydrogens is 494 g/mol. The molecule has 8 unspecified atom stereocenters. The minimum atomic E-state index is -0.339. The zero-order valence-electron chi connectivity index (χ0n) is 25.1. The van der Waals surface area contributed by atoms with Crippen LogP contribution in [0.15, 0.2) is 11.6 Å². The fourth-order valence-corrected chi connectivity index (χ4v) is 9.01. The highest BCUT2D eigenvalue weighted by Gasteiger charge is 2.59. The van der Waals surface area contributed by atoms with Crippen LogP contribution >= 0.6 is 0 Å². The predicted octanol–water partition coefficient (Wildman–Crippen LogP) is 5.75. The van der Waals surface area contributed by atoms with E-state index in [1.807, 2.05) is 0 Å². The fourth-order valence-electron chi connectivity index (χ4n) is 9.01. The summed E-state index contributed by atoms with van der Waals surface area (Å²) in [6.45, 7) is 13.1. The van der Waals surface area contributed by atoms with Crippen molar-refractivity contribution < 1.29 is 28.8 Å². The molecule has 4 aliphatic carbocycles. The number of carbonyl (C=O) groups is 1. The Kier molecular flexibility index (Phi) is 11.2.